The van der Waals surface area contributed by atoms with Crippen LogP contribution >= 0.6 is 23.2 Å². The van der Waals surface area contributed by atoms with Crippen LogP contribution in [0, 0.1) is 6.92 Å². The third-order valence-corrected chi connectivity index (χ3v) is 7.25. The molecule has 0 unspecified atom stereocenters. The highest BCUT2D eigenvalue weighted by Crippen LogP contribution is 2.27. The van der Waals surface area contributed by atoms with E-state index >= 15 is 0 Å². The number of benzene rings is 2. The number of halogens is 2. The van der Waals surface area contributed by atoms with Crippen LogP contribution in [0.25, 0.3) is 0 Å². The molecule has 0 saturated heterocycles. The van der Waals surface area contributed by atoms with Crippen LogP contribution in [0.3, 0.4) is 0 Å². The Morgan fingerprint density at radius 1 is 1.00 bits per heavy atom. The van der Waals surface area contributed by atoms with Crippen molar-refractivity contribution in [2.75, 3.05) is 6.54 Å². The molecule has 4 rings (SSSR count). The van der Waals surface area contributed by atoms with E-state index in [0.29, 0.717) is 41.4 Å². The number of hydrogen-bond donors (Lipinski definition) is 1. The van der Waals surface area contributed by atoms with E-state index in [1.165, 1.54) is 43.2 Å². The Balaban J connectivity index is 1.37. The Kier molecular flexibility index (Phi) is 8.71. The summed E-state index contributed by atoms with van der Waals surface area (Å²) in [6.45, 7) is 4.23. The van der Waals surface area contributed by atoms with Crippen LogP contribution in [0.1, 0.15) is 65.1 Å². The molecule has 3 aromatic rings. The molecule has 1 N–H and O–H groups in total. The predicted octanol–water partition coefficient (Wildman–Crippen LogP) is 7.20. The molecule has 0 radical (unpaired) electrons. The van der Waals surface area contributed by atoms with Crippen molar-refractivity contribution in [2.45, 2.75) is 64.6 Å². The molecule has 0 aliphatic heterocycles. The van der Waals surface area contributed by atoms with Gasteiger partial charge in [-0.25, -0.2) is 0 Å². The van der Waals surface area contributed by atoms with E-state index in [1.54, 1.807) is 18.2 Å². The van der Waals surface area contributed by atoms with Gasteiger partial charge in [-0.3, -0.25) is 9.69 Å². The fourth-order valence-corrected chi connectivity index (χ4v) is 5.18. The molecule has 1 fully saturated rings. The molecule has 1 aromatic heterocycles. The number of nitrogens with zero attached hydrogens (tertiary/aromatic N) is 1. The number of nitrogens with one attached hydrogen (secondary N) is 1. The lowest BCUT2D eigenvalue weighted by Gasteiger charge is -2.34. The zero-order chi connectivity index (χ0) is 23.9. The summed E-state index contributed by atoms with van der Waals surface area (Å²) in [4.78, 5) is 15.2. The van der Waals surface area contributed by atoms with Gasteiger partial charge >= 0.3 is 0 Å². The summed E-state index contributed by atoms with van der Waals surface area (Å²) in [5.41, 5.74) is 3.60. The Morgan fingerprint density at radius 2 is 1.79 bits per heavy atom. The first-order valence-electron chi connectivity index (χ1n) is 12.1. The molecule has 34 heavy (non-hydrogen) atoms. The van der Waals surface area contributed by atoms with Gasteiger partial charge in [0.2, 0.25) is 0 Å². The molecule has 180 valence electrons. The van der Waals surface area contributed by atoms with E-state index in [-0.39, 0.29) is 5.91 Å². The predicted molar refractivity (Wildman–Crippen MR) is 139 cm³/mol. The van der Waals surface area contributed by atoms with Crippen molar-refractivity contribution < 1.29 is 9.21 Å². The second kappa shape index (κ2) is 11.9. The fraction of sp³-hybridized carbons (Fsp3) is 0.393. The van der Waals surface area contributed by atoms with E-state index in [1.807, 2.05) is 12.1 Å². The molecule has 1 saturated carbocycles. The maximum Gasteiger partial charge on any atom is 0.287 e. The van der Waals surface area contributed by atoms with Crippen LogP contribution in [0.4, 0.5) is 0 Å². The lowest BCUT2D eigenvalue weighted by atomic mass is 9.93. The molecule has 1 amide bonds. The highest BCUT2D eigenvalue weighted by Gasteiger charge is 2.23. The van der Waals surface area contributed by atoms with Crippen molar-refractivity contribution in [3.8, 4) is 0 Å². The number of carbonyl (C=O) groups is 1. The smallest absolute Gasteiger partial charge is 0.287 e. The van der Waals surface area contributed by atoms with Crippen molar-refractivity contribution in [2.24, 2.45) is 0 Å². The average molecular weight is 499 g/mol. The molecule has 6 heteroatoms. The minimum atomic E-state index is -0.209. The molecular formula is C28H32Cl2N2O2. The maximum atomic E-state index is 12.6. The summed E-state index contributed by atoms with van der Waals surface area (Å²) in [5.74, 6) is 0.959. The summed E-state index contributed by atoms with van der Waals surface area (Å²) in [6.07, 6.45) is 6.93. The van der Waals surface area contributed by atoms with E-state index in [4.69, 9.17) is 27.6 Å². The summed E-state index contributed by atoms with van der Waals surface area (Å²) in [5, 5.41) is 4.14. The largest absolute Gasteiger partial charge is 0.455 e. The first-order chi connectivity index (χ1) is 16.5. The molecule has 1 heterocycles. The van der Waals surface area contributed by atoms with Crippen LogP contribution in [0.2, 0.25) is 10.0 Å². The van der Waals surface area contributed by atoms with Gasteiger partial charge in [0.1, 0.15) is 5.76 Å². The number of carbonyl (C=O) groups excluding carboxylic acids is 1. The summed E-state index contributed by atoms with van der Waals surface area (Å²) in [6, 6.07) is 18.2. The second-order valence-electron chi connectivity index (χ2n) is 9.13. The standard InChI is InChI=1S/C28H32Cl2N2O2/c1-20-7-5-6-8-22(20)18-32(24-9-3-2-4-10-24)19-25-13-14-27(34-25)28(33)31-16-15-21-11-12-23(29)17-26(21)30/h5-8,11-14,17,24H,2-4,9-10,15-16,18-19H2,1H3,(H,31,33). The van der Waals surface area contributed by atoms with E-state index < -0.39 is 0 Å². The monoisotopic (exact) mass is 498 g/mol. The van der Waals surface area contributed by atoms with Crippen LogP contribution in [0.15, 0.2) is 59.0 Å². The van der Waals surface area contributed by atoms with Gasteiger partial charge in [-0.1, -0.05) is 72.8 Å². The Hall–Kier alpha value is -2.27. The third-order valence-electron chi connectivity index (χ3n) is 6.67. The molecule has 4 nitrogen and oxygen atoms in total. The quantitative estimate of drug-likeness (QED) is 0.339. The molecule has 2 aromatic carbocycles. The molecule has 1 aliphatic rings. The maximum absolute atomic E-state index is 12.6. The van der Waals surface area contributed by atoms with Crippen molar-refractivity contribution >= 4 is 29.1 Å². The minimum absolute atomic E-state index is 0.209. The van der Waals surface area contributed by atoms with Crippen LogP contribution in [-0.4, -0.2) is 23.4 Å². The summed E-state index contributed by atoms with van der Waals surface area (Å²) >= 11 is 12.2. The van der Waals surface area contributed by atoms with Gasteiger partial charge in [-0.15, -0.1) is 0 Å². The molecular weight excluding hydrogens is 467 g/mol. The molecule has 0 bridgehead atoms. The van der Waals surface area contributed by atoms with Crippen molar-refractivity contribution in [1.82, 2.24) is 10.2 Å². The summed E-state index contributed by atoms with van der Waals surface area (Å²) in [7, 11) is 0. The van der Waals surface area contributed by atoms with Gasteiger partial charge in [0.15, 0.2) is 5.76 Å². The molecule has 1 aliphatic carbocycles. The Labute approximate surface area is 212 Å². The second-order valence-corrected chi connectivity index (χ2v) is 9.97. The van der Waals surface area contributed by atoms with Crippen LogP contribution < -0.4 is 5.32 Å². The first-order valence-corrected chi connectivity index (χ1v) is 12.8. The number of amides is 1. The lowest BCUT2D eigenvalue weighted by Crippen LogP contribution is -2.36. The number of hydrogen-bond acceptors (Lipinski definition) is 3. The minimum Gasteiger partial charge on any atom is -0.455 e. The summed E-state index contributed by atoms with van der Waals surface area (Å²) < 4.78 is 5.98. The van der Waals surface area contributed by atoms with Crippen LogP contribution in [0.5, 0.6) is 0 Å². The van der Waals surface area contributed by atoms with Gasteiger partial charge in [-0.2, -0.15) is 0 Å². The number of rotatable bonds is 9. The van der Waals surface area contributed by atoms with Gasteiger partial charge in [0, 0.05) is 29.2 Å². The van der Waals surface area contributed by atoms with E-state index in [2.05, 4.69) is 41.4 Å². The fourth-order valence-electron chi connectivity index (χ4n) is 4.67. The highest BCUT2D eigenvalue weighted by atomic mass is 35.5. The average Bonchev–Trinajstić information content (AvgIpc) is 3.31. The van der Waals surface area contributed by atoms with Gasteiger partial charge < -0.3 is 9.73 Å². The van der Waals surface area contributed by atoms with Gasteiger partial charge in [0.05, 0.1) is 6.54 Å². The SMILES string of the molecule is Cc1ccccc1CN(Cc1ccc(C(=O)NCCc2ccc(Cl)cc2Cl)o1)C1CCCCC1. The zero-order valence-corrected chi connectivity index (χ0v) is 21.2. The van der Waals surface area contributed by atoms with Crippen LogP contribution in [-0.2, 0) is 19.5 Å². The third kappa shape index (κ3) is 6.65. The number of aryl methyl sites for hydroxylation is 1. The first kappa shape index (κ1) is 24.8. The van der Waals surface area contributed by atoms with Crippen molar-refractivity contribution in [3.63, 3.8) is 0 Å². The Bertz CT molecular complexity index is 1110. The van der Waals surface area contributed by atoms with Gasteiger partial charge in [0.25, 0.3) is 5.91 Å². The normalized spacial score (nSPS) is 14.5. The zero-order valence-electron chi connectivity index (χ0n) is 19.7. The topological polar surface area (TPSA) is 45.5 Å². The lowest BCUT2D eigenvalue weighted by molar-refractivity contribution is 0.0916. The van der Waals surface area contributed by atoms with Gasteiger partial charge in [-0.05, 0) is 67.1 Å². The highest BCUT2D eigenvalue weighted by molar-refractivity contribution is 6.35. The Morgan fingerprint density at radius 3 is 2.56 bits per heavy atom. The van der Waals surface area contributed by atoms with Crippen molar-refractivity contribution in [1.29, 1.82) is 0 Å². The molecule has 0 spiro atoms. The van der Waals surface area contributed by atoms with E-state index in [9.17, 15) is 4.79 Å². The molecule has 0 atom stereocenters. The van der Waals surface area contributed by atoms with E-state index in [0.717, 1.165) is 17.9 Å². The van der Waals surface area contributed by atoms with Crippen molar-refractivity contribution in [3.05, 3.63) is 92.9 Å². The number of furan rings is 1.